The van der Waals surface area contributed by atoms with Crippen molar-refractivity contribution in [2.24, 2.45) is 0 Å². The van der Waals surface area contributed by atoms with E-state index in [-0.39, 0.29) is 6.03 Å². The lowest BCUT2D eigenvalue weighted by Gasteiger charge is -2.36. The number of hydrogen-bond donors (Lipinski definition) is 1. The van der Waals surface area contributed by atoms with Gasteiger partial charge in [-0.2, -0.15) is 0 Å². The molecular weight excluding hydrogens is 398 g/mol. The number of benzene rings is 1. The van der Waals surface area contributed by atoms with Gasteiger partial charge in [-0.05, 0) is 31.5 Å². The third kappa shape index (κ3) is 4.96. The van der Waals surface area contributed by atoms with Gasteiger partial charge >= 0.3 is 6.03 Å². The van der Waals surface area contributed by atoms with Crippen LogP contribution in [0.2, 0.25) is 0 Å². The zero-order valence-electron chi connectivity index (χ0n) is 17.6. The van der Waals surface area contributed by atoms with Crippen LogP contribution < -0.4 is 15.1 Å². The molecule has 0 unspecified atom stereocenters. The van der Waals surface area contributed by atoms with Gasteiger partial charge in [0.15, 0.2) is 0 Å². The minimum atomic E-state index is -0.0475. The molecule has 2 aliphatic rings. The summed E-state index contributed by atoms with van der Waals surface area (Å²) in [5.41, 5.74) is 0.835. The largest absolute Gasteiger partial charge is 0.354 e. The first-order chi connectivity index (χ1) is 14.6. The van der Waals surface area contributed by atoms with Gasteiger partial charge in [0.2, 0.25) is 0 Å². The fourth-order valence-electron chi connectivity index (χ4n) is 3.76. The zero-order chi connectivity index (χ0) is 20.9. The quantitative estimate of drug-likeness (QED) is 0.751. The number of likely N-dealkylation sites (N-methyl/N-ethyl adjacent to an activating group) is 1. The highest BCUT2D eigenvalue weighted by Crippen LogP contribution is 2.21. The summed E-state index contributed by atoms with van der Waals surface area (Å²) in [6.45, 7) is 6.93. The van der Waals surface area contributed by atoms with Gasteiger partial charge in [-0.25, -0.2) is 14.8 Å². The maximum absolute atomic E-state index is 12.7. The van der Waals surface area contributed by atoms with E-state index < -0.39 is 0 Å². The van der Waals surface area contributed by atoms with E-state index in [9.17, 15) is 4.79 Å². The molecule has 1 aromatic heterocycles. The number of nitrogens with one attached hydrogen (secondary N) is 1. The predicted molar refractivity (Wildman–Crippen MR) is 123 cm³/mol. The van der Waals surface area contributed by atoms with Crippen LogP contribution in [0.15, 0.2) is 41.6 Å². The van der Waals surface area contributed by atoms with E-state index in [1.807, 2.05) is 35.4 Å². The summed E-state index contributed by atoms with van der Waals surface area (Å²) in [5, 5.41) is 3.02. The van der Waals surface area contributed by atoms with Gasteiger partial charge in [-0.1, -0.05) is 6.07 Å². The molecular formula is C21H29N7OS. The van der Waals surface area contributed by atoms with Crippen molar-refractivity contribution in [1.29, 1.82) is 0 Å². The van der Waals surface area contributed by atoms with Crippen LogP contribution in [0.25, 0.3) is 0 Å². The lowest BCUT2D eigenvalue weighted by atomic mass is 10.3. The minimum absolute atomic E-state index is 0.0475. The normalized spacial score (nSPS) is 17.9. The molecule has 0 bridgehead atoms. The number of anilines is 3. The smallest absolute Gasteiger partial charge is 0.321 e. The van der Waals surface area contributed by atoms with E-state index in [0.29, 0.717) is 13.1 Å². The highest BCUT2D eigenvalue weighted by atomic mass is 32.2. The minimum Gasteiger partial charge on any atom is -0.354 e. The second-order valence-corrected chi connectivity index (χ2v) is 8.54. The number of rotatable bonds is 4. The van der Waals surface area contributed by atoms with Crippen LogP contribution in [0.3, 0.4) is 0 Å². The van der Waals surface area contributed by atoms with Crippen LogP contribution in [0, 0.1) is 0 Å². The Morgan fingerprint density at radius 2 is 1.57 bits per heavy atom. The molecule has 1 aromatic carbocycles. The van der Waals surface area contributed by atoms with Crippen LogP contribution >= 0.6 is 11.8 Å². The molecule has 8 nitrogen and oxygen atoms in total. The lowest BCUT2D eigenvalue weighted by Crippen LogP contribution is -2.50. The molecule has 3 heterocycles. The van der Waals surface area contributed by atoms with Gasteiger partial charge in [0.25, 0.3) is 0 Å². The lowest BCUT2D eigenvalue weighted by molar-refractivity contribution is 0.208. The number of carbonyl (C=O) groups is 1. The molecule has 2 amide bonds. The Morgan fingerprint density at radius 3 is 2.20 bits per heavy atom. The Labute approximate surface area is 182 Å². The second-order valence-electron chi connectivity index (χ2n) is 7.66. The highest BCUT2D eigenvalue weighted by molar-refractivity contribution is 7.98. The predicted octanol–water partition coefficient (Wildman–Crippen LogP) is 2.30. The van der Waals surface area contributed by atoms with Crippen molar-refractivity contribution in [2.75, 3.05) is 80.8 Å². The van der Waals surface area contributed by atoms with Gasteiger partial charge in [0.05, 0.1) is 0 Å². The molecule has 30 heavy (non-hydrogen) atoms. The summed E-state index contributed by atoms with van der Waals surface area (Å²) in [4.78, 5) is 31.5. The molecule has 160 valence electrons. The van der Waals surface area contributed by atoms with Crippen molar-refractivity contribution < 1.29 is 4.79 Å². The van der Waals surface area contributed by atoms with E-state index >= 15 is 0 Å². The van der Waals surface area contributed by atoms with Crippen LogP contribution in [0.1, 0.15) is 0 Å². The van der Waals surface area contributed by atoms with Gasteiger partial charge in [-0.15, -0.1) is 11.8 Å². The number of nitrogens with zero attached hydrogens (tertiary/aromatic N) is 6. The number of carbonyl (C=O) groups excluding carboxylic acids is 1. The summed E-state index contributed by atoms with van der Waals surface area (Å²) in [7, 11) is 2.15. The first-order valence-corrected chi connectivity index (χ1v) is 11.6. The number of aromatic nitrogens is 2. The van der Waals surface area contributed by atoms with Crippen molar-refractivity contribution in [3.63, 3.8) is 0 Å². The van der Waals surface area contributed by atoms with E-state index in [0.717, 1.165) is 61.5 Å². The average Bonchev–Trinajstić information content (AvgIpc) is 2.80. The number of amides is 2. The first kappa shape index (κ1) is 20.7. The molecule has 2 saturated heterocycles. The third-order valence-corrected chi connectivity index (χ3v) is 6.40. The summed E-state index contributed by atoms with van der Waals surface area (Å²) >= 11 is 1.67. The summed E-state index contributed by atoms with van der Waals surface area (Å²) in [6, 6.07) is 9.96. The van der Waals surface area contributed by atoms with Gasteiger partial charge in [0, 0.05) is 69.0 Å². The number of piperazine rings is 2. The van der Waals surface area contributed by atoms with Crippen molar-refractivity contribution in [3.05, 3.63) is 36.7 Å². The topological polar surface area (TPSA) is 67.8 Å². The molecule has 0 saturated carbocycles. The maximum atomic E-state index is 12.7. The van der Waals surface area contributed by atoms with Crippen LogP contribution in [0.4, 0.5) is 22.1 Å². The van der Waals surface area contributed by atoms with Crippen molar-refractivity contribution in [1.82, 2.24) is 19.8 Å². The Hall–Kier alpha value is -2.52. The van der Waals surface area contributed by atoms with Crippen LogP contribution in [-0.4, -0.2) is 91.5 Å². The molecule has 2 fully saturated rings. The Kier molecular flexibility index (Phi) is 6.59. The molecule has 2 aromatic rings. The number of urea groups is 1. The van der Waals surface area contributed by atoms with Crippen molar-refractivity contribution in [3.8, 4) is 0 Å². The van der Waals surface area contributed by atoms with E-state index in [1.165, 1.54) is 0 Å². The maximum Gasteiger partial charge on any atom is 0.321 e. The molecule has 4 rings (SSSR count). The van der Waals surface area contributed by atoms with E-state index in [1.54, 1.807) is 18.1 Å². The number of thioether (sulfide) groups is 1. The average molecular weight is 428 g/mol. The fraction of sp³-hybridized carbons (Fsp3) is 0.476. The Bertz CT molecular complexity index is 864. The molecule has 1 N–H and O–H groups in total. The first-order valence-electron chi connectivity index (χ1n) is 10.3. The molecule has 0 aliphatic carbocycles. The van der Waals surface area contributed by atoms with Gasteiger partial charge in [-0.3, -0.25) is 0 Å². The molecule has 0 radical (unpaired) electrons. The zero-order valence-corrected chi connectivity index (χ0v) is 18.4. The fourth-order valence-corrected chi connectivity index (χ4v) is 4.22. The van der Waals surface area contributed by atoms with Crippen molar-refractivity contribution in [2.45, 2.75) is 4.90 Å². The van der Waals surface area contributed by atoms with Gasteiger partial charge in [0.1, 0.15) is 18.0 Å². The van der Waals surface area contributed by atoms with Crippen molar-refractivity contribution >= 4 is 35.1 Å². The standard InChI is InChI=1S/C21H29N7OS/c1-25-6-8-26(9-7-25)19-15-20(23-16-22-19)27-10-12-28(13-11-27)21(29)24-17-4-3-5-18(14-17)30-2/h3-5,14-16H,6-13H2,1-2H3,(H,24,29). The Morgan fingerprint density at radius 1 is 0.933 bits per heavy atom. The summed E-state index contributed by atoms with van der Waals surface area (Å²) in [5.74, 6) is 1.92. The second kappa shape index (κ2) is 9.53. The van der Waals surface area contributed by atoms with E-state index in [2.05, 4.69) is 43.1 Å². The highest BCUT2D eigenvalue weighted by Gasteiger charge is 2.23. The van der Waals surface area contributed by atoms with Crippen LogP contribution in [0.5, 0.6) is 0 Å². The van der Waals surface area contributed by atoms with E-state index in [4.69, 9.17) is 0 Å². The SMILES string of the molecule is CSc1cccc(NC(=O)N2CCN(c3cc(N4CCN(C)CC4)ncn3)CC2)c1. The molecule has 9 heteroatoms. The number of hydrogen-bond acceptors (Lipinski definition) is 7. The summed E-state index contributed by atoms with van der Waals surface area (Å²) in [6.07, 6.45) is 3.68. The third-order valence-electron chi connectivity index (χ3n) is 5.68. The molecule has 0 atom stereocenters. The molecule has 2 aliphatic heterocycles. The van der Waals surface area contributed by atoms with Crippen LogP contribution in [-0.2, 0) is 0 Å². The molecule has 0 spiro atoms. The van der Waals surface area contributed by atoms with Gasteiger partial charge < -0.3 is 24.9 Å². The Balaban J connectivity index is 1.33. The monoisotopic (exact) mass is 427 g/mol. The summed E-state index contributed by atoms with van der Waals surface area (Å²) < 4.78 is 0.